The number of halogens is 1. The number of rotatable bonds is 7. The number of amides is 1. The van der Waals surface area contributed by atoms with Gasteiger partial charge < -0.3 is 10.6 Å². The van der Waals surface area contributed by atoms with Gasteiger partial charge in [0.2, 0.25) is 5.91 Å². The molecule has 0 bridgehead atoms. The average molecular weight is 301 g/mol. The lowest BCUT2D eigenvalue weighted by Crippen LogP contribution is -2.14. The SMILES string of the molecule is CCCCNc1ccc(NC(=O)Cc2ccc(F)cc2)cn1. The molecule has 1 heterocycles. The van der Waals surface area contributed by atoms with Crippen molar-refractivity contribution in [3.8, 4) is 0 Å². The molecule has 0 spiro atoms. The van der Waals surface area contributed by atoms with Gasteiger partial charge in [-0.15, -0.1) is 0 Å². The highest BCUT2D eigenvalue weighted by molar-refractivity contribution is 5.92. The molecule has 2 aromatic rings. The maximum Gasteiger partial charge on any atom is 0.228 e. The first kappa shape index (κ1) is 15.9. The second kappa shape index (κ2) is 8.12. The summed E-state index contributed by atoms with van der Waals surface area (Å²) in [6, 6.07) is 9.55. The van der Waals surface area contributed by atoms with Crippen molar-refractivity contribution < 1.29 is 9.18 Å². The third-order valence-electron chi connectivity index (χ3n) is 3.16. The van der Waals surface area contributed by atoms with E-state index in [1.165, 1.54) is 12.1 Å². The summed E-state index contributed by atoms with van der Waals surface area (Å²) in [5.74, 6) is 0.338. The molecular weight excluding hydrogens is 281 g/mol. The maximum absolute atomic E-state index is 12.8. The van der Waals surface area contributed by atoms with E-state index in [9.17, 15) is 9.18 Å². The molecule has 5 heteroatoms. The molecule has 2 rings (SSSR count). The zero-order chi connectivity index (χ0) is 15.8. The van der Waals surface area contributed by atoms with E-state index in [0.29, 0.717) is 5.69 Å². The molecule has 1 amide bonds. The number of hydrogen-bond donors (Lipinski definition) is 2. The van der Waals surface area contributed by atoms with Gasteiger partial charge in [-0.05, 0) is 36.2 Å². The van der Waals surface area contributed by atoms with Gasteiger partial charge in [0, 0.05) is 6.54 Å². The van der Waals surface area contributed by atoms with Crippen LogP contribution in [-0.2, 0) is 11.2 Å². The lowest BCUT2D eigenvalue weighted by molar-refractivity contribution is -0.115. The van der Waals surface area contributed by atoms with Crippen LogP contribution in [0.1, 0.15) is 25.3 Å². The van der Waals surface area contributed by atoms with Gasteiger partial charge in [0.05, 0.1) is 18.3 Å². The number of nitrogens with one attached hydrogen (secondary N) is 2. The lowest BCUT2D eigenvalue weighted by Gasteiger charge is -2.07. The number of benzene rings is 1. The van der Waals surface area contributed by atoms with Crippen molar-refractivity contribution in [2.75, 3.05) is 17.2 Å². The Balaban J connectivity index is 1.84. The summed E-state index contributed by atoms with van der Waals surface area (Å²) in [7, 11) is 0. The van der Waals surface area contributed by atoms with Crippen molar-refractivity contribution in [2.24, 2.45) is 0 Å². The van der Waals surface area contributed by atoms with Crippen LogP contribution in [-0.4, -0.2) is 17.4 Å². The van der Waals surface area contributed by atoms with E-state index in [1.807, 2.05) is 12.1 Å². The fourth-order valence-electron chi connectivity index (χ4n) is 1.96. The van der Waals surface area contributed by atoms with Crippen molar-refractivity contribution in [1.29, 1.82) is 0 Å². The summed E-state index contributed by atoms with van der Waals surface area (Å²) < 4.78 is 12.8. The first-order valence-corrected chi connectivity index (χ1v) is 7.41. The quantitative estimate of drug-likeness (QED) is 0.768. The van der Waals surface area contributed by atoms with E-state index < -0.39 is 0 Å². The van der Waals surface area contributed by atoms with Gasteiger partial charge in [0.15, 0.2) is 0 Å². The molecule has 22 heavy (non-hydrogen) atoms. The summed E-state index contributed by atoms with van der Waals surface area (Å²) in [6.45, 7) is 3.02. The molecule has 1 aromatic carbocycles. The molecule has 0 atom stereocenters. The van der Waals surface area contributed by atoms with Crippen LogP contribution >= 0.6 is 0 Å². The zero-order valence-corrected chi connectivity index (χ0v) is 12.6. The monoisotopic (exact) mass is 301 g/mol. The van der Waals surface area contributed by atoms with Gasteiger partial charge in [-0.25, -0.2) is 9.37 Å². The van der Waals surface area contributed by atoms with E-state index in [-0.39, 0.29) is 18.1 Å². The number of unbranched alkanes of at least 4 members (excludes halogenated alkanes) is 1. The third-order valence-corrected chi connectivity index (χ3v) is 3.16. The van der Waals surface area contributed by atoms with Crippen LogP contribution < -0.4 is 10.6 Å². The molecule has 116 valence electrons. The van der Waals surface area contributed by atoms with Crippen molar-refractivity contribution >= 4 is 17.4 Å². The van der Waals surface area contributed by atoms with Crippen molar-refractivity contribution in [3.05, 3.63) is 54.0 Å². The van der Waals surface area contributed by atoms with Crippen molar-refractivity contribution in [1.82, 2.24) is 4.98 Å². The van der Waals surface area contributed by atoms with Crippen molar-refractivity contribution in [2.45, 2.75) is 26.2 Å². The Morgan fingerprint density at radius 3 is 2.59 bits per heavy atom. The minimum Gasteiger partial charge on any atom is -0.370 e. The Labute approximate surface area is 129 Å². The Morgan fingerprint density at radius 2 is 1.95 bits per heavy atom. The molecule has 0 saturated heterocycles. The number of nitrogens with zero attached hydrogens (tertiary/aromatic N) is 1. The van der Waals surface area contributed by atoms with Crippen LogP contribution in [0.15, 0.2) is 42.6 Å². The van der Waals surface area contributed by atoms with E-state index in [0.717, 1.165) is 30.8 Å². The zero-order valence-electron chi connectivity index (χ0n) is 12.6. The number of anilines is 2. The second-order valence-corrected chi connectivity index (χ2v) is 5.06. The molecule has 1 aromatic heterocycles. The summed E-state index contributed by atoms with van der Waals surface area (Å²) >= 11 is 0. The summed E-state index contributed by atoms with van der Waals surface area (Å²) in [5.41, 5.74) is 1.41. The molecule has 0 fully saturated rings. The largest absolute Gasteiger partial charge is 0.370 e. The highest BCUT2D eigenvalue weighted by atomic mass is 19.1. The number of carbonyl (C=O) groups excluding carboxylic acids is 1. The van der Waals surface area contributed by atoms with Crippen molar-refractivity contribution in [3.63, 3.8) is 0 Å². The Bertz CT molecular complexity index is 596. The standard InChI is InChI=1S/C17H20FN3O/c1-2-3-10-19-16-9-8-15(12-20-16)21-17(22)11-13-4-6-14(18)7-5-13/h4-9,12H,2-3,10-11H2,1H3,(H,19,20)(H,21,22). The predicted octanol–water partition coefficient (Wildman–Crippen LogP) is 3.61. The molecule has 2 N–H and O–H groups in total. The molecule has 4 nitrogen and oxygen atoms in total. The van der Waals surface area contributed by atoms with Gasteiger partial charge in [0.25, 0.3) is 0 Å². The molecule has 0 saturated carbocycles. The normalized spacial score (nSPS) is 10.3. The minimum absolute atomic E-state index is 0.153. The van der Waals surface area contributed by atoms with Crippen LogP contribution in [0.25, 0.3) is 0 Å². The summed E-state index contributed by atoms with van der Waals surface area (Å²) in [4.78, 5) is 16.2. The van der Waals surface area contributed by atoms with Crippen LogP contribution in [0.4, 0.5) is 15.9 Å². The molecule has 0 aliphatic carbocycles. The molecule has 0 unspecified atom stereocenters. The van der Waals surface area contributed by atoms with Crippen LogP contribution in [0.3, 0.4) is 0 Å². The van der Waals surface area contributed by atoms with Crippen LogP contribution in [0.2, 0.25) is 0 Å². The topological polar surface area (TPSA) is 54.0 Å². The van der Waals surface area contributed by atoms with E-state index in [1.54, 1.807) is 18.3 Å². The van der Waals surface area contributed by atoms with E-state index in [2.05, 4.69) is 22.5 Å². The van der Waals surface area contributed by atoms with Crippen LogP contribution in [0.5, 0.6) is 0 Å². The van der Waals surface area contributed by atoms with Gasteiger partial charge in [-0.3, -0.25) is 4.79 Å². The van der Waals surface area contributed by atoms with Crippen LogP contribution in [0, 0.1) is 5.82 Å². The predicted molar refractivity (Wildman–Crippen MR) is 86.4 cm³/mol. The van der Waals surface area contributed by atoms with Gasteiger partial charge in [-0.2, -0.15) is 0 Å². The smallest absolute Gasteiger partial charge is 0.228 e. The third kappa shape index (κ3) is 5.16. The number of hydrogen-bond acceptors (Lipinski definition) is 3. The summed E-state index contributed by atoms with van der Waals surface area (Å²) in [6.07, 6.45) is 4.05. The highest BCUT2D eigenvalue weighted by Crippen LogP contribution is 2.11. The number of aromatic nitrogens is 1. The van der Waals surface area contributed by atoms with E-state index in [4.69, 9.17) is 0 Å². The van der Waals surface area contributed by atoms with Gasteiger partial charge in [-0.1, -0.05) is 25.5 Å². The Morgan fingerprint density at radius 1 is 1.18 bits per heavy atom. The fourth-order valence-corrected chi connectivity index (χ4v) is 1.96. The van der Waals surface area contributed by atoms with Gasteiger partial charge >= 0.3 is 0 Å². The van der Waals surface area contributed by atoms with E-state index >= 15 is 0 Å². The molecule has 0 aliphatic heterocycles. The minimum atomic E-state index is -0.306. The first-order valence-electron chi connectivity index (χ1n) is 7.41. The average Bonchev–Trinajstić information content (AvgIpc) is 2.51. The number of pyridine rings is 1. The molecule has 0 radical (unpaired) electrons. The highest BCUT2D eigenvalue weighted by Gasteiger charge is 2.05. The Hall–Kier alpha value is -2.43. The second-order valence-electron chi connectivity index (χ2n) is 5.06. The molecular formula is C17H20FN3O. The fraction of sp³-hybridized carbons (Fsp3) is 0.294. The first-order chi connectivity index (χ1) is 10.7. The number of carbonyl (C=O) groups is 1. The lowest BCUT2D eigenvalue weighted by atomic mass is 10.1. The maximum atomic E-state index is 12.8. The molecule has 0 aliphatic rings. The Kier molecular flexibility index (Phi) is 5.89. The summed E-state index contributed by atoms with van der Waals surface area (Å²) in [5, 5.41) is 5.99. The van der Waals surface area contributed by atoms with Gasteiger partial charge in [0.1, 0.15) is 11.6 Å².